The molecular formula is C15H20BrNO. The number of amides is 1. The molecule has 2 rings (SSSR count). The van der Waals surface area contributed by atoms with Crippen LogP contribution in [0.3, 0.4) is 0 Å². The predicted molar refractivity (Wildman–Crippen MR) is 77.8 cm³/mol. The first-order chi connectivity index (χ1) is 8.61. The minimum Gasteiger partial charge on any atom is -0.336 e. The molecule has 1 amide bonds. The Balaban J connectivity index is 2.26. The molecule has 0 saturated carbocycles. The van der Waals surface area contributed by atoms with Crippen molar-refractivity contribution >= 4 is 21.8 Å². The van der Waals surface area contributed by atoms with Crippen molar-refractivity contribution in [2.24, 2.45) is 0 Å². The number of nitrogens with zero attached hydrogens (tertiary/aromatic N) is 1. The van der Waals surface area contributed by atoms with Gasteiger partial charge in [0.05, 0.1) is 0 Å². The quantitative estimate of drug-likeness (QED) is 0.762. The molecule has 1 saturated heterocycles. The van der Waals surface area contributed by atoms with Crippen LogP contribution in [-0.2, 0) is 0 Å². The first-order valence-electron chi connectivity index (χ1n) is 6.67. The molecule has 1 atom stereocenters. The van der Waals surface area contributed by atoms with E-state index in [-0.39, 0.29) is 5.91 Å². The van der Waals surface area contributed by atoms with Gasteiger partial charge in [0.25, 0.3) is 5.91 Å². The van der Waals surface area contributed by atoms with Crippen LogP contribution in [0, 0.1) is 6.92 Å². The molecule has 98 valence electrons. The first-order valence-corrected chi connectivity index (χ1v) is 7.46. The second kappa shape index (κ2) is 5.87. The van der Waals surface area contributed by atoms with Crippen molar-refractivity contribution in [3.05, 3.63) is 33.8 Å². The molecular weight excluding hydrogens is 290 g/mol. The van der Waals surface area contributed by atoms with Crippen LogP contribution < -0.4 is 0 Å². The lowest BCUT2D eigenvalue weighted by Gasteiger charge is -2.28. The number of halogens is 1. The molecule has 1 aliphatic rings. The maximum atomic E-state index is 12.6. The summed E-state index contributed by atoms with van der Waals surface area (Å²) in [5.41, 5.74) is 1.87. The van der Waals surface area contributed by atoms with Gasteiger partial charge in [-0.3, -0.25) is 4.79 Å². The summed E-state index contributed by atoms with van der Waals surface area (Å²) in [6.45, 7) is 5.06. The van der Waals surface area contributed by atoms with Crippen molar-refractivity contribution in [1.82, 2.24) is 4.90 Å². The summed E-state index contributed by atoms with van der Waals surface area (Å²) >= 11 is 3.50. The van der Waals surface area contributed by atoms with Gasteiger partial charge in [0.2, 0.25) is 0 Å². The number of carbonyl (C=O) groups is 1. The normalized spacial score (nSPS) is 20.6. The SMILES string of the molecule is Cc1c(Br)cccc1C(=O)N1CCCCCC1C. The van der Waals surface area contributed by atoms with Crippen LogP contribution in [0.4, 0.5) is 0 Å². The molecule has 1 aliphatic heterocycles. The van der Waals surface area contributed by atoms with E-state index in [1.807, 2.05) is 30.0 Å². The molecule has 1 heterocycles. The van der Waals surface area contributed by atoms with Crippen molar-refractivity contribution in [2.75, 3.05) is 6.54 Å². The second-order valence-electron chi connectivity index (χ2n) is 5.11. The van der Waals surface area contributed by atoms with Crippen LogP contribution in [0.15, 0.2) is 22.7 Å². The van der Waals surface area contributed by atoms with Crippen LogP contribution in [-0.4, -0.2) is 23.4 Å². The zero-order chi connectivity index (χ0) is 13.1. The summed E-state index contributed by atoms with van der Waals surface area (Å²) in [5.74, 6) is 0.184. The Labute approximate surface area is 117 Å². The molecule has 0 spiro atoms. The van der Waals surface area contributed by atoms with E-state index >= 15 is 0 Å². The first kappa shape index (κ1) is 13.6. The topological polar surface area (TPSA) is 20.3 Å². The van der Waals surface area contributed by atoms with E-state index in [4.69, 9.17) is 0 Å². The fourth-order valence-electron chi connectivity index (χ4n) is 2.57. The average molecular weight is 310 g/mol. The summed E-state index contributed by atoms with van der Waals surface area (Å²) < 4.78 is 1.01. The molecule has 3 heteroatoms. The molecule has 1 fully saturated rings. The van der Waals surface area contributed by atoms with Gasteiger partial charge in [-0.25, -0.2) is 0 Å². The predicted octanol–water partition coefficient (Wildman–Crippen LogP) is 4.16. The fraction of sp³-hybridized carbons (Fsp3) is 0.533. The number of benzene rings is 1. The van der Waals surface area contributed by atoms with Gasteiger partial charge >= 0.3 is 0 Å². The highest BCUT2D eigenvalue weighted by molar-refractivity contribution is 9.10. The highest BCUT2D eigenvalue weighted by Gasteiger charge is 2.24. The van der Waals surface area contributed by atoms with Gasteiger partial charge < -0.3 is 4.90 Å². The van der Waals surface area contributed by atoms with Crippen LogP contribution in [0.1, 0.15) is 48.5 Å². The average Bonchev–Trinajstić information content (AvgIpc) is 2.57. The molecule has 0 bridgehead atoms. The van der Waals surface area contributed by atoms with Crippen molar-refractivity contribution in [3.8, 4) is 0 Å². The van der Waals surface area contributed by atoms with Gasteiger partial charge in [0.15, 0.2) is 0 Å². The van der Waals surface area contributed by atoms with E-state index in [0.717, 1.165) is 35.0 Å². The summed E-state index contributed by atoms with van der Waals surface area (Å²) in [6.07, 6.45) is 4.73. The Morgan fingerprint density at radius 1 is 1.33 bits per heavy atom. The molecule has 0 N–H and O–H groups in total. The standard InChI is InChI=1S/C15H20BrNO/c1-11-7-4-3-5-10-17(11)15(18)13-8-6-9-14(16)12(13)2/h6,8-9,11H,3-5,7,10H2,1-2H3. The zero-order valence-electron chi connectivity index (χ0n) is 11.1. The van der Waals surface area contributed by atoms with Gasteiger partial charge in [-0.2, -0.15) is 0 Å². The number of carbonyl (C=O) groups excluding carboxylic acids is 1. The van der Waals surface area contributed by atoms with Gasteiger partial charge in [-0.15, -0.1) is 0 Å². The van der Waals surface area contributed by atoms with Gasteiger partial charge in [0, 0.05) is 22.6 Å². The Bertz CT molecular complexity index is 444. The van der Waals surface area contributed by atoms with E-state index in [9.17, 15) is 4.79 Å². The second-order valence-corrected chi connectivity index (χ2v) is 5.96. The molecule has 18 heavy (non-hydrogen) atoms. The third kappa shape index (κ3) is 2.77. The van der Waals surface area contributed by atoms with E-state index in [1.165, 1.54) is 12.8 Å². The number of rotatable bonds is 1. The third-order valence-electron chi connectivity index (χ3n) is 3.81. The largest absolute Gasteiger partial charge is 0.336 e. The smallest absolute Gasteiger partial charge is 0.254 e. The summed E-state index contributed by atoms with van der Waals surface area (Å²) in [7, 11) is 0. The third-order valence-corrected chi connectivity index (χ3v) is 4.67. The molecule has 2 nitrogen and oxygen atoms in total. The fourth-order valence-corrected chi connectivity index (χ4v) is 2.94. The number of hydrogen-bond donors (Lipinski definition) is 0. The van der Waals surface area contributed by atoms with Crippen molar-refractivity contribution in [1.29, 1.82) is 0 Å². The lowest BCUT2D eigenvalue weighted by molar-refractivity contribution is 0.0697. The number of hydrogen-bond acceptors (Lipinski definition) is 1. The Hall–Kier alpha value is -0.830. The van der Waals surface area contributed by atoms with E-state index in [2.05, 4.69) is 22.9 Å². The minimum atomic E-state index is 0.184. The molecule has 1 aromatic rings. The minimum absolute atomic E-state index is 0.184. The highest BCUT2D eigenvalue weighted by atomic mass is 79.9. The molecule has 0 aromatic heterocycles. The van der Waals surface area contributed by atoms with Crippen LogP contribution in [0.5, 0.6) is 0 Å². The van der Waals surface area contributed by atoms with Crippen molar-refractivity contribution < 1.29 is 4.79 Å². The monoisotopic (exact) mass is 309 g/mol. The number of likely N-dealkylation sites (tertiary alicyclic amines) is 1. The van der Waals surface area contributed by atoms with Crippen LogP contribution >= 0.6 is 15.9 Å². The molecule has 1 unspecified atom stereocenters. The van der Waals surface area contributed by atoms with E-state index in [0.29, 0.717) is 6.04 Å². The van der Waals surface area contributed by atoms with E-state index < -0.39 is 0 Å². The molecule has 0 radical (unpaired) electrons. The summed E-state index contributed by atoms with van der Waals surface area (Å²) in [4.78, 5) is 14.7. The molecule has 1 aromatic carbocycles. The van der Waals surface area contributed by atoms with Crippen molar-refractivity contribution in [3.63, 3.8) is 0 Å². The van der Waals surface area contributed by atoms with Crippen molar-refractivity contribution in [2.45, 2.75) is 45.6 Å². The van der Waals surface area contributed by atoms with Gasteiger partial charge in [-0.05, 0) is 44.4 Å². The molecule has 0 aliphatic carbocycles. The summed E-state index contributed by atoms with van der Waals surface area (Å²) in [5, 5.41) is 0. The summed E-state index contributed by atoms with van der Waals surface area (Å²) in [6, 6.07) is 6.21. The highest BCUT2D eigenvalue weighted by Crippen LogP contribution is 2.24. The van der Waals surface area contributed by atoms with Crippen LogP contribution in [0.2, 0.25) is 0 Å². The van der Waals surface area contributed by atoms with Gasteiger partial charge in [-0.1, -0.05) is 34.8 Å². The maximum Gasteiger partial charge on any atom is 0.254 e. The maximum absolute atomic E-state index is 12.6. The van der Waals surface area contributed by atoms with E-state index in [1.54, 1.807) is 0 Å². The Morgan fingerprint density at radius 2 is 2.11 bits per heavy atom. The van der Waals surface area contributed by atoms with Gasteiger partial charge in [0.1, 0.15) is 0 Å². The lowest BCUT2D eigenvalue weighted by Crippen LogP contribution is -2.38. The Kier molecular flexibility index (Phi) is 4.44. The lowest BCUT2D eigenvalue weighted by atomic mass is 10.1. The zero-order valence-corrected chi connectivity index (χ0v) is 12.7. The Morgan fingerprint density at radius 3 is 2.89 bits per heavy atom. The van der Waals surface area contributed by atoms with Crippen LogP contribution in [0.25, 0.3) is 0 Å².